The second kappa shape index (κ2) is 18.3. The lowest BCUT2D eigenvalue weighted by molar-refractivity contribution is -0.135. The minimum Gasteiger partial charge on any atom is -0.304 e. The van der Waals surface area contributed by atoms with Crippen LogP contribution in [0.4, 0.5) is 0 Å². The zero-order chi connectivity index (χ0) is 20.4. The molecule has 25 heavy (non-hydrogen) atoms. The summed E-state index contributed by atoms with van der Waals surface area (Å²) < 4.78 is 0. The molecule has 1 saturated heterocycles. The van der Waals surface area contributed by atoms with E-state index < -0.39 is 0 Å². The number of carbonyl (C=O) groups is 4. The van der Waals surface area contributed by atoms with Crippen molar-refractivity contribution in [2.24, 2.45) is 0 Å². The van der Waals surface area contributed by atoms with Crippen molar-refractivity contribution < 1.29 is 19.2 Å². The van der Waals surface area contributed by atoms with Gasteiger partial charge >= 0.3 is 0 Å². The number of Topliss-reactive ketones (excluding diaryl/α,β-unsaturated/α-hetero) is 1. The quantitative estimate of drug-likeness (QED) is 0.433. The maximum Gasteiger partial charge on any atom is 0.253 e. The molecular weight excluding hydrogens is 320 g/mol. The minimum atomic E-state index is -0.241. The third-order valence-electron chi connectivity index (χ3n) is 2.49. The van der Waals surface area contributed by atoms with E-state index in [-0.39, 0.29) is 23.4 Å². The van der Waals surface area contributed by atoms with Crippen molar-refractivity contribution in [2.75, 3.05) is 27.2 Å². The number of nitrogens with zero attached hydrogens (tertiary/aromatic N) is 2. The maximum absolute atomic E-state index is 10.4. The normalized spacial score (nSPS) is 13.6. The summed E-state index contributed by atoms with van der Waals surface area (Å²) in [6, 6.07) is 0. The largest absolute Gasteiger partial charge is 0.304 e. The number of likely N-dealkylation sites (N-methyl/N-ethyl adjacent to an activating group) is 2. The zero-order valence-corrected chi connectivity index (χ0v) is 16.8. The van der Waals surface area contributed by atoms with Gasteiger partial charge in [-0.25, -0.2) is 0 Å². The number of amides is 2. The van der Waals surface area contributed by atoms with Crippen LogP contribution in [0, 0.1) is 0 Å². The summed E-state index contributed by atoms with van der Waals surface area (Å²) in [4.78, 5) is 43.6. The second-order valence-electron chi connectivity index (χ2n) is 5.45. The van der Waals surface area contributed by atoms with E-state index in [2.05, 4.69) is 32.4 Å². The zero-order valence-electron chi connectivity index (χ0n) is 16.8. The van der Waals surface area contributed by atoms with Gasteiger partial charge in [0, 0.05) is 38.7 Å². The molecule has 2 aliphatic rings. The topological polar surface area (TPSA) is 74.5 Å². The lowest BCUT2D eigenvalue weighted by Gasteiger charge is -2.01. The fraction of sp³-hybridized carbons (Fsp3) is 0.579. The van der Waals surface area contributed by atoms with E-state index in [0.717, 1.165) is 4.90 Å². The highest BCUT2D eigenvalue weighted by molar-refractivity contribution is 6.12. The molecule has 0 bridgehead atoms. The Bertz CT molecular complexity index is 434. The van der Waals surface area contributed by atoms with Gasteiger partial charge in [0.25, 0.3) is 11.8 Å². The van der Waals surface area contributed by atoms with E-state index in [1.807, 2.05) is 6.92 Å². The summed E-state index contributed by atoms with van der Waals surface area (Å²) >= 11 is 0. The van der Waals surface area contributed by atoms with E-state index in [9.17, 15) is 19.2 Å². The van der Waals surface area contributed by atoms with E-state index in [1.165, 1.54) is 51.7 Å². The predicted octanol–water partition coefficient (Wildman–Crippen LogP) is 2.64. The van der Waals surface area contributed by atoms with Crippen molar-refractivity contribution in [3.63, 3.8) is 0 Å². The maximum atomic E-state index is 10.4. The molecule has 0 aromatic heterocycles. The van der Waals surface area contributed by atoms with Crippen LogP contribution in [0.2, 0.25) is 0 Å². The first-order valence-corrected chi connectivity index (χ1v) is 8.37. The second-order valence-corrected chi connectivity index (χ2v) is 5.45. The third kappa shape index (κ3) is 27.1. The Morgan fingerprint density at radius 1 is 1.04 bits per heavy atom. The Balaban J connectivity index is -0.000000253. The summed E-state index contributed by atoms with van der Waals surface area (Å²) in [6.45, 7) is 15.0. The molecule has 0 aromatic rings. The average molecular weight is 354 g/mol. The smallest absolute Gasteiger partial charge is 0.253 e. The Hall–Kier alpha value is -2.08. The van der Waals surface area contributed by atoms with Crippen molar-refractivity contribution in [1.82, 2.24) is 9.80 Å². The lowest BCUT2D eigenvalue weighted by Crippen LogP contribution is -2.24. The fourth-order valence-electron chi connectivity index (χ4n) is 0.575. The van der Waals surface area contributed by atoms with Gasteiger partial charge in [0.2, 0.25) is 0 Å². The first-order chi connectivity index (χ1) is 11.6. The highest BCUT2D eigenvalue weighted by Gasteiger charge is 2.17. The molecule has 0 radical (unpaired) electrons. The summed E-state index contributed by atoms with van der Waals surface area (Å²) in [7, 11) is 3.56. The number of rotatable bonds is 2. The molecule has 2 amide bonds. The van der Waals surface area contributed by atoms with Gasteiger partial charge in [-0.1, -0.05) is 33.8 Å². The van der Waals surface area contributed by atoms with E-state index in [4.69, 9.17) is 0 Å². The Kier molecular flexibility index (Phi) is 20.3. The molecule has 0 unspecified atom stereocenters. The van der Waals surface area contributed by atoms with Crippen molar-refractivity contribution >= 4 is 23.4 Å². The van der Waals surface area contributed by atoms with Gasteiger partial charge in [-0.05, 0) is 27.0 Å². The van der Waals surface area contributed by atoms with Gasteiger partial charge in [0.1, 0.15) is 5.78 Å². The van der Waals surface area contributed by atoms with Crippen LogP contribution in [-0.4, -0.2) is 60.4 Å². The first-order valence-electron chi connectivity index (χ1n) is 8.37. The summed E-state index contributed by atoms with van der Waals surface area (Å²) in [5.74, 6) is -0.208. The van der Waals surface area contributed by atoms with Crippen LogP contribution in [0.3, 0.4) is 0 Å². The fourth-order valence-corrected chi connectivity index (χ4v) is 0.575. The summed E-state index contributed by atoms with van der Waals surface area (Å²) in [5, 5.41) is 0. The number of hydrogen-bond acceptors (Lipinski definition) is 5. The summed E-state index contributed by atoms with van der Waals surface area (Å²) in [6.07, 6.45) is 5.70. The van der Waals surface area contributed by atoms with Gasteiger partial charge in [-0.15, -0.1) is 0 Å². The Labute approximate surface area is 152 Å². The van der Waals surface area contributed by atoms with Crippen molar-refractivity contribution in [1.29, 1.82) is 0 Å². The molecule has 0 saturated carbocycles. The summed E-state index contributed by atoms with van der Waals surface area (Å²) in [5.41, 5.74) is 0. The van der Waals surface area contributed by atoms with Gasteiger partial charge in [0.15, 0.2) is 5.78 Å². The standard InChI is InChI=1S/C5H5NO2.C4H8O.C4H6O.C3H7N.C3H8/c1-6-4(7)2-3-5(6)8;2*1-3-4(2)5;1-4-2-3-4;1-3-2/h2-3H,1H3;3H2,1-2H3;3H,1H2,2H3;2-3H2,1H3;3H2,1-2H3. The Morgan fingerprint density at radius 3 is 1.32 bits per heavy atom. The van der Waals surface area contributed by atoms with Crippen molar-refractivity contribution in [2.45, 2.75) is 47.5 Å². The molecule has 2 rings (SSSR count). The molecule has 144 valence electrons. The van der Waals surface area contributed by atoms with Crippen LogP contribution in [0.5, 0.6) is 0 Å². The third-order valence-corrected chi connectivity index (χ3v) is 2.49. The van der Waals surface area contributed by atoms with Crippen LogP contribution in [0.15, 0.2) is 24.8 Å². The number of carbonyl (C=O) groups excluding carboxylic acids is 4. The molecule has 6 heteroatoms. The van der Waals surface area contributed by atoms with Gasteiger partial charge in [-0.3, -0.25) is 19.3 Å². The molecule has 0 N–H and O–H groups in total. The van der Waals surface area contributed by atoms with Crippen LogP contribution >= 0.6 is 0 Å². The molecule has 1 fully saturated rings. The molecule has 0 atom stereocenters. The predicted molar refractivity (Wildman–Crippen MR) is 102 cm³/mol. The lowest BCUT2D eigenvalue weighted by atomic mass is 10.4. The molecule has 2 heterocycles. The van der Waals surface area contributed by atoms with Crippen molar-refractivity contribution in [3.05, 3.63) is 24.8 Å². The SMILES string of the molecule is C=CC(C)=O.CCC.CCC(C)=O.CN1C(=O)C=CC1=O.CN1CC1. The van der Waals surface area contributed by atoms with Crippen LogP contribution in [0.1, 0.15) is 47.5 Å². The monoisotopic (exact) mass is 354 g/mol. The number of ketones is 2. The van der Waals surface area contributed by atoms with E-state index in [0.29, 0.717) is 6.42 Å². The molecule has 0 aromatic carbocycles. The first kappa shape index (κ1) is 27.8. The van der Waals surface area contributed by atoms with Gasteiger partial charge < -0.3 is 9.69 Å². The number of hydrogen-bond donors (Lipinski definition) is 0. The van der Waals surface area contributed by atoms with Gasteiger partial charge in [-0.2, -0.15) is 0 Å². The minimum absolute atomic E-state index is 0.0185. The van der Waals surface area contributed by atoms with Crippen LogP contribution in [0.25, 0.3) is 0 Å². The molecule has 0 aliphatic carbocycles. The highest BCUT2D eigenvalue weighted by Crippen LogP contribution is 1.97. The Morgan fingerprint density at radius 2 is 1.28 bits per heavy atom. The number of imide groups is 1. The molecular formula is C19H34N2O4. The van der Waals surface area contributed by atoms with Crippen LogP contribution in [-0.2, 0) is 19.2 Å². The average Bonchev–Trinajstić information content (AvgIpc) is 3.30. The highest BCUT2D eigenvalue weighted by atomic mass is 16.2. The van der Waals surface area contributed by atoms with Crippen LogP contribution < -0.4 is 0 Å². The molecule has 0 spiro atoms. The molecule has 2 aliphatic heterocycles. The van der Waals surface area contributed by atoms with Crippen molar-refractivity contribution in [3.8, 4) is 0 Å². The molecule has 6 nitrogen and oxygen atoms in total. The number of allylic oxidation sites excluding steroid dienone is 1. The van der Waals surface area contributed by atoms with Gasteiger partial charge in [0.05, 0.1) is 0 Å². The van der Waals surface area contributed by atoms with E-state index >= 15 is 0 Å². The van der Waals surface area contributed by atoms with E-state index in [1.54, 1.807) is 6.92 Å².